The Morgan fingerprint density at radius 1 is 1.03 bits per heavy atom. The van der Waals surface area contributed by atoms with Gasteiger partial charge in [0.2, 0.25) is 5.91 Å². The minimum absolute atomic E-state index is 0.0226. The van der Waals surface area contributed by atoms with Gasteiger partial charge in [-0.05, 0) is 61.5 Å². The summed E-state index contributed by atoms with van der Waals surface area (Å²) >= 11 is 7.28. The van der Waals surface area contributed by atoms with Gasteiger partial charge in [0.05, 0.1) is 5.75 Å². The van der Waals surface area contributed by atoms with Crippen molar-refractivity contribution in [3.8, 4) is 22.8 Å². The van der Waals surface area contributed by atoms with Crippen LogP contribution in [0.5, 0.6) is 5.75 Å². The number of carbonyl (C=O) groups is 2. The normalized spacial score (nSPS) is 10.8. The molecule has 4 aromatic rings. The molecular weight excluding hydrogens is 472 g/mol. The molecule has 0 radical (unpaired) electrons. The number of phenolic OH excluding ortho intramolecular Hbond substituents is 1. The number of aromatic nitrogens is 3. The number of hydrogen-bond donors (Lipinski definition) is 2. The largest absolute Gasteiger partial charge is 0.508 e. The molecule has 0 aliphatic heterocycles. The van der Waals surface area contributed by atoms with Crippen LogP contribution in [0.3, 0.4) is 0 Å². The summed E-state index contributed by atoms with van der Waals surface area (Å²) in [5.41, 5.74) is 2.66. The summed E-state index contributed by atoms with van der Waals surface area (Å²) in [5, 5.41) is 22.7. The van der Waals surface area contributed by atoms with Crippen molar-refractivity contribution in [1.29, 1.82) is 0 Å². The smallest absolute Gasteiger partial charge is 0.230 e. The molecule has 0 saturated carbocycles. The van der Waals surface area contributed by atoms with E-state index in [1.807, 2.05) is 47.0 Å². The molecule has 3 aromatic carbocycles. The summed E-state index contributed by atoms with van der Waals surface area (Å²) in [6.07, 6.45) is 0. The van der Waals surface area contributed by atoms with Gasteiger partial charge >= 0.3 is 0 Å². The van der Waals surface area contributed by atoms with Crippen molar-refractivity contribution in [3.05, 3.63) is 88.9 Å². The number of phenols is 1. The summed E-state index contributed by atoms with van der Waals surface area (Å²) in [6, 6.07) is 21.5. The average molecular weight is 493 g/mol. The van der Waals surface area contributed by atoms with Crippen LogP contribution in [0.2, 0.25) is 5.02 Å². The number of amides is 1. The van der Waals surface area contributed by atoms with Crippen molar-refractivity contribution in [2.24, 2.45) is 0 Å². The maximum Gasteiger partial charge on any atom is 0.230 e. The number of nitrogens with one attached hydrogen (secondary N) is 1. The fourth-order valence-corrected chi connectivity index (χ4v) is 4.19. The lowest BCUT2D eigenvalue weighted by Gasteiger charge is -2.11. The van der Waals surface area contributed by atoms with E-state index >= 15 is 0 Å². The highest BCUT2D eigenvalue weighted by Crippen LogP contribution is 2.28. The third kappa shape index (κ3) is 5.47. The predicted molar refractivity (Wildman–Crippen MR) is 132 cm³/mol. The highest BCUT2D eigenvalue weighted by molar-refractivity contribution is 7.99. The van der Waals surface area contributed by atoms with Crippen LogP contribution in [-0.2, 0) is 11.3 Å². The lowest BCUT2D eigenvalue weighted by molar-refractivity contribution is -0.118. The van der Waals surface area contributed by atoms with Crippen molar-refractivity contribution in [3.63, 3.8) is 0 Å². The van der Waals surface area contributed by atoms with Crippen LogP contribution >= 0.6 is 23.4 Å². The Labute approximate surface area is 205 Å². The van der Waals surface area contributed by atoms with Crippen LogP contribution in [0.1, 0.15) is 22.8 Å². The van der Waals surface area contributed by atoms with Crippen molar-refractivity contribution in [1.82, 2.24) is 20.1 Å². The second kappa shape index (κ2) is 10.5. The van der Waals surface area contributed by atoms with Gasteiger partial charge in [0.25, 0.3) is 0 Å². The molecule has 0 aliphatic rings. The Kier molecular flexibility index (Phi) is 7.30. The van der Waals surface area contributed by atoms with Gasteiger partial charge < -0.3 is 10.4 Å². The van der Waals surface area contributed by atoms with Crippen LogP contribution in [-0.4, -0.2) is 37.3 Å². The molecule has 1 amide bonds. The maximum absolute atomic E-state index is 12.5. The number of hydrogen-bond acceptors (Lipinski definition) is 6. The number of ketones is 1. The molecule has 7 nitrogen and oxygen atoms in total. The number of nitrogens with zero attached hydrogens (tertiary/aromatic N) is 3. The van der Waals surface area contributed by atoms with E-state index in [-0.39, 0.29) is 29.7 Å². The average Bonchev–Trinajstić information content (AvgIpc) is 3.27. The molecule has 2 N–H and O–H groups in total. The van der Waals surface area contributed by atoms with Crippen LogP contribution in [0.25, 0.3) is 17.1 Å². The highest BCUT2D eigenvalue weighted by atomic mass is 35.5. The van der Waals surface area contributed by atoms with Crippen LogP contribution in [0.15, 0.2) is 78.0 Å². The van der Waals surface area contributed by atoms with Crippen molar-refractivity contribution in [2.75, 3.05) is 5.75 Å². The van der Waals surface area contributed by atoms with E-state index in [0.717, 1.165) is 11.3 Å². The van der Waals surface area contributed by atoms with E-state index in [0.29, 0.717) is 27.1 Å². The van der Waals surface area contributed by atoms with Gasteiger partial charge in [-0.15, -0.1) is 10.2 Å². The van der Waals surface area contributed by atoms with Gasteiger partial charge in [-0.1, -0.05) is 41.6 Å². The molecular formula is C25H21ClN4O3S. The lowest BCUT2D eigenvalue weighted by atomic mass is 10.1. The number of para-hydroxylation sites is 1. The van der Waals surface area contributed by atoms with Crippen molar-refractivity contribution >= 4 is 35.1 Å². The van der Waals surface area contributed by atoms with E-state index in [1.54, 1.807) is 24.3 Å². The Bertz CT molecular complexity index is 1320. The predicted octanol–water partition coefficient (Wildman–Crippen LogP) is 4.90. The molecule has 9 heteroatoms. The second-order valence-corrected chi connectivity index (χ2v) is 8.83. The highest BCUT2D eigenvalue weighted by Gasteiger charge is 2.17. The van der Waals surface area contributed by atoms with Crippen LogP contribution in [0.4, 0.5) is 0 Å². The van der Waals surface area contributed by atoms with Gasteiger partial charge in [-0.2, -0.15) is 0 Å². The number of rotatable bonds is 8. The van der Waals surface area contributed by atoms with Gasteiger partial charge in [0.15, 0.2) is 16.8 Å². The summed E-state index contributed by atoms with van der Waals surface area (Å²) in [5.74, 6) is 0.401. The third-order valence-electron chi connectivity index (χ3n) is 5.04. The Morgan fingerprint density at radius 2 is 1.76 bits per heavy atom. The minimum atomic E-state index is -0.242. The Balaban J connectivity index is 1.50. The summed E-state index contributed by atoms with van der Waals surface area (Å²) < 4.78 is 1.89. The number of benzene rings is 3. The van der Waals surface area contributed by atoms with E-state index in [9.17, 15) is 14.7 Å². The molecule has 0 aliphatic carbocycles. The molecule has 0 atom stereocenters. The monoisotopic (exact) mass is 492 g/mol. The van der Waals surface area contributed by atoms with Crippen LogP contribution < -0.4 is 5.32 Å². The second-order valence-electron chi connectivity index (χ2n) is 7.45. The number of Topliss-reactive ketones (excluding diaryl/α,β-unsaturated/α-hetero) is 1. The quantitative estimate of drug-likeness (QED) is 0.268. The topological polar surface area (TPSA) is 97.1 Å². The first-order valence-corrected chi connectivity index (χ1v) is 11.8. The molecule has 1 aromatic heterocycles. The third-order valence-corrected chi connectivity index (χ3v) is 6.23. The molecule has 34 heavy (non-hydrogen) atoms. The molecule has 172 valence electrons. The zero-order valence-corrected chi connectivity index (χ0v) is 19.8. The molecule has 0 fully saturated rings. The first-order valence-electron chi connectivity index (χ1n) is 10.4. The number of halogens is 1. The first-order chi connectivity index (χ1) is 16.4. The summed E-state index contributed by atoms with van der Waals surface area (Å²) in [4.78, 5) is 24.1. The molecule has 0 spiro atoms. The van der Waals surface area contributed by atoms with E-state index in [4.69, 9.17) is 11.6 Å². The maximum atomic E-state index is 12.5. The Morgan fingerprint density at radius 3 is 2.47 bits per heavy atom. The SMILES string of the molecule is CC(=O)c1ccc(O)c(CNC(=O)CSc2nnc(-c3ccc(Cl)cc3)n2-c2ccccc2)c1. The molecule has 0 bridgehead atoms. The number of thioether (sulfide) groups is 1. The van der Waals surface area contributed by atoms with Gasteiger partial charge in [-0.25, -0.2) is 0 Å². The van der Waals surface area contributed by atoms with Gasteiger partial charge in [0.1, 0.15) is 5.75 Å². The lowest BCUT2D eigenvalue weighted by Crippen LogP contribution is -2.25. The summed E-state index contributed by atoms with van der Waals surface area (Å²) in [6.45, 7) is 1.56. The van der Waals surface area contributed by atoms with Gasteiger partial charge in [0, 0.05) is 33.9 Å². The van der Waals surface area contributed by atoms with Crippen LogP contribution in [0, 0.1) is 0 Å². The molecule has 1 heterocycles. The zero-order chi connectivity index (χ0) is 24.1. The Hall–Kier alpha value is -3.62. The van der Waals surface area contributed by atoms with Crippen molar-refractivity contribution in [2.45, 2.75) is 18.6 Å². The van der Waals surface area contributed by atoms with E-state index < -0.39 is 0 Å². The fraction of sp³-hybridized carbons (Fsp3) is 0.120. The number of carbonyl (C=O) groups excluding carboxylic acids is 2. The molecule has 0 unspecified atom stereocenters. The van der Waals surface area contributed by atoms with Gasteiger partial charge in [-0.3, -0.25) is 14.2 Å². The fourth-order valence-electron chi connectivity index (χ4n) is 3.28. The van der Waals surface area contributed by atoms with E-state index in [2.05, 4.69) is 15.5 Å². The first kappa shape index (κ1) is 23.5. The summed E-state index contributed by atoms with van der Waals surface area (Å²) in [7, 11) is 0. The molecule has 4 rings (SSSR count). The molecule has 0 saturated heterocycles. The minimum Gasteiger partial charge on any atom is -0.508 e. The zero-order valence-electron chi connectivity index (χ0n) is 18.2. The van der Waals surface area contributed by atoms with Crippen molar-refractivity contribution < 1.29 is 14.7 Å². The standard InChI is InChI=1S/C25H21ClN4O3S/c1-16(31)18-9-12-22(32)19(13-18)14-27-23(33)15-34-25-29-28-24(17-7-10-20(26)11-8-17)30(25)21-5-3-2-4-6-21/h2-13,32H,14-15H2,1H3,(H,27,33). The van der Waals surface area contributed by atoms with E-state index in [1.165, 1.54) is 24.8 Å². The number of aromatic hydroxyl groups is 1.